The fourth-order valence-electron chi connectivity index (χ4n) is 1.78. The average molecular weight is 278 g/mol. The molecule has 20 heavy (non-hydrogen) atoms. The summed E-state index contributed by atoms with van der Waals surface area (Å²) in [6, 6.07) is 2.39. The van der Waals surface area contributed by atoms with Crippen molar-refractivity contribution in [2.45, 2.75) is 33.0 Å². The standard InChI is InChI=1S/C13H22N6O/c1-11(2)19-6-4-12(16-19)9-18-10-15-13(17-18)8-14-5-7-20-3/h4,6,10-11,14H,5,7-9H2,1-3H3. The summed E-state index contributed by atoms with van der Waals surface area (Å²) in [6.07, 6.45) is 3.73. The molecule has 0 saturated carbocycles. The van der Waals surface area contributed by atoms with Crippen molar-refractivity contribution < 1.29 is 4.74 Å². The van der Waals surface area contributed by atoms with E-state index in [0.717, 1.165) is 18.1 Å². The van der Waals surface area contributed by atoms with Gasteiger partial charge in [-0.3, -0.25) is 4.68 Å². The van der Waals surface area contributed by atoms with E-state index in [9.17, 15) is 0 Å². The van der Waals surface area contributed by atoms with Crippen molar-refractivity contribution in [1.29, 1.82) is 0 Å². The molecule has 0 aliphatic heterocycles. The summed E-state index contributed by atoms with van der Waals surface area (Å²) >= 11 is 0. The number of rotatable bonds is 8. The Kier molecular flexibility index (Phi) is 5.25. The molecule has 0 spiro atoms. The van der Waals surface area contributed by atoms with Gasteiger partial charge >= 0.3 is 0 Å². The quantitative estimate of drug-likeness (QED) is 0.725. The molecule has 0 aromatic carbocycles. The van der Waals surface area contributed by atoms with Crippen LogP contribution < -0.4 is 5.32 Å². The van der Waals surface area contributed by atoms with Gasteiger partial charge in [0.1, 0.15) is 6.33 Å². The monoisotopic (exact) mass is 278 g/mol. The Morgan fingerprint density at radius 3 is 2.90 bits per heavy atom. The number of nitrogens with one attached hydrogen (secondary N) is 1. The molecular formula is C13H22N6O. The molecule has 0 fully saturated rings. The van der Waals surface area contributed by atoms with Crippen LogP contribution in [0.4, 0.5) is 0 Å². The van der Waals surface area contributed by atoms with E-state index in [1.165, 1.54) is 0 Å². The van der Waals surface area contributed by atoms with Crippen molar-refractivity contribution in [3.8, 4) is 0 Å². The van der Waals surface area contributed by atoms with Gasteiger partial charge in [0.2, 0.25) is 0 Å². The molecule has 110 valence electrons. The summed E-state index contributed by atoms with van der Waals surface area (Å²) in [4.78, 5) is 4.27. The Labute approximate surface area is 119 Å². The van der Waals surface area contributed by atoms with Crippen LogP contribution in [-0.2, 0) is 17.8 Å². The van der Waals surface area contributed by atoms with Crippen LogP contribution >= 0.6 is 0 Å². The minimum absolute atomic E-state index is 0.375. The van der Waals surface area contributed by atoms with E-state index in [-0.39, 0.29) is 0 Å². The third-order valence-corrected chi connectivity index (χ3v) is 2.87. The van der Waals surface area contributed by atoms with Crippen LogP contribution in [-0.4, -0.2) is 44.8 Å². The van der Waals surface area contributed by atoms with Gasteiger partial charge in [-0.15, -0.1) is 0 Å². The smallest absolute Gasteiger partial charge is 0.164 e. The van der Waals surface area contributed by atoms with Crippen LogP contribution in [0.2, 0.25) is 0 Å². The van der Waals surface area contributed by atoms with Crippen LogP contribution in [0.15, 0.2) is 18.6 Å². The lowest BCUT2D eigenvalue weighted by molar-refractivity contribution is 0.199. The van der Waals surface area contributed by atoms with Crippen LogP contribution in [0.5, 0.6) is 0 Å². The lowest BCUT2D eigenvalue weighted by Gasteiger charge is -2.03. The van der Waals surface area contributed by atoms with Crippen LogP contribution in [0.25, 0.3) is 0 Å². The molecule has 0 aliphatic carbocycles. The third kappa shape index (κ3) is 4.14. The van der Waals surface area contributed by atoms with Gasteiger partial charge in [0.15, 0.2) is 5.82 Å². The topological polar surface area (TPSA) is 69.8 Å². The van der Waals surface area contributed by atoms with Gasteiger partial charge in [-0.05, 0) is 19.9 Å². The van der Waals surface area contributed by atoms with Crippen LogP contribution in [0, 0.1) is 0 Å². The lowest BCUT2D eigenvalue weighted by atomic mass is 10.4. The second-order valence-electron chi connectivity index (χ2n) is 4.91. The molecular weight excluding hydrogens is 256 g/mol. The molecule has 2 aromatic rings. The van der Waals surface area contributed by atoms with Crippen molar-refractivity contribution in [1.82, 2.24) is 29.9 Å². The zero-order valence-electron chi connectivity index (χ0n) is 12.3. The maximum Gasteiger partial charge on any atom is 0.164 e. The first-order chi connectivity index (χ1) is 9.69. The van der Waals surface area contributed by atoms with Crippen molar-refractivity contribution in [3.63, 3.8) is 0 Å². The highest BCUT2D eigenvalue weighted by Crippen LogP contribution is 2.05. The molecule has 7 nitrogen and oxygen atoms in total. The summed E-state index contributed by atoms with van der Waals surface area (Å²) in [6.45, 7) is 6.99. The summed E-state index contributed by atoms with van der Waals surface area (Å²) < 4.78 is 8.72. The Bertz CT molecular complexity index is 518. The number of aromatic nitrogens is 5. The summed E-state index contributed by atoms with van der Waals surface area (Å²) in [5.41, 5.74) is 0.988. The lowest BCUT2D eigenvalue weighted by Crippen LogP contribution is -2.19. The van der Waals surface area contributed by atoms with Crippen molar-refractivity contribution >= 4 is 0 Å². The number of methoxy groups -OCH3 is 1. The highest BCUT2D eigenvalue weighted by Gasteiger charge is 2.05. The minimum Gasteiger partial charge on any atom is -0.383 e. The fraction of sp³-hybridized carbons (Fsp3) is 0.615. The first kappa shape index (κ1) is 14.7. The van der Waals surface area contributed by atoms with E-state index in [0.29, 0.717) is 25.7 Å². The summed E-state index contributed by atoms with van der Waals surface area (Å²) in [5.74, 6) is 0.782. The van der Waals surface area contributed by atoms with Gasteiger partial charge in [-0.2, -0.15) is 10.2 Å². The molecule has 0 atom stereocenters. The maximum absolute atomic E-state index is 4.97. The second-order valence-corrected chi connectivity index (χ2v) is 4.91. The predicted octanol–water partition coefficient (Wildman–Crippen LogP) is 0.840. The summed E-state index contributed by atoms with van der Waals surface area (Å²) in [7, 11) is 1.69. The first-order valence-electron chi connectivity index (χ1n) is 6.81. The predicted molar refractivity (Wildman–Crippen MR) is 75.3 cm³/mol. The number of hydrogen-bond acceptors (Lipinski definition) is 5. The first-order valence-corrected chi connectivity index (χ1v) is 6.81. The van der Waals surface area contributed by atoms with Gasteiger partial charge in [0.25, 0.3) is 0 Å². The Balaban J connectivity index is 1.85. The van der Waals surface area contributed by atoms with Gasteiger partial charge in [0.05, 0.1) is 25.4 Å². The largest absolute Gasteiger partial charge is 0.383 e. The van der Waals surface area contributed by atoms with Crippen LogP contribution in [0.1, 0.15) is 31.4 Å². The van der Waals surface area contributed by atoms with Crippen LogP contribution in [0.3, 0.4) is 0 Å². The molecule has 2 aromatic heterocycles. The molecule has 0 amide bonds. The molecule has 0 saturated heterocycles. The minimum atomic E-state index is 0.375. The normalized spacial score (nSPS) is 11.4. The van der Waals surface area contributed by atoms with Crippen molar-refractivity contribution in [2.75, 3.05) is 20.3 Å². The Morgan fingerprint density at radius 1 is 1.35 bits per heavy atom. The molecule has 7 heteroatoms. The van der Waals surface area contributed by atoms with Gasteiger partial charge < -0.3 is 10.1 Å². The summed E-state index contributed by atoms with van der Waals surface area (Å²) in [5, 5.41) is 12.1. The van der Waals surface area contributed by atoms with Gasteiger partial charge in [0, 0.05) is 25.9 Å². The van der Waals surface area contributed by atoms with E-state index < -0.39 is 0 Å². The molecule has 0 bridgehead atoms. The molecule has 2 rings (SSSR count). The van der Waals surface area contributed by atoms with Gasteiger partial charge in [-0.25, -0.2) is 9.67 Å². The SMILES string of the molecule is COCCNCc1ncn(Cc2ccn(C(C)C)n2)n1. The zero-order valence-corrected chi connectivity index (χ0v) is 12.3. The third-order valence-electron chi connectivity index (χ3n) is 2.87. The van der Waals surface area contributed by atoms with E-state index in [2.05, 4.69) is 34.3 Å². The molecule has 0 unspecified atom stereocenters. The molecule has 0 aliphatic rings. The van der Waals surface area contributed by atoms with Gasteiger partial charge in [-0.1, -0.05) is 0 Å². The highest BCUT2D eigenvalue weighted by atomic mass is 16.5. The molecule has 1 N–H and O–H groups in total. The number of hydrogen-bond donors (Lipinski definition) is 1. The number of ether oxygens (including phenoxy) is 1. The Morgan fingerprint density at radius 2 is 2.20 bits per heavy atom. The average Bonchev–Trinajstić information content (AvgIpc) is 3.05. The second kappa shape index (κ2) is 7.16. The maximum atomic E-state index is 4.97. The number of nitrogens with zero attached hydrogens (tertiary/aromatic N) is 5. The fourth-order valence-corrected chi connectivity index (χ4v) is 1.78. The van der Waals surface area contributed by atoms with E-state index in [1.807, 2.05) is 16.9 Å². The van der Waals surface area contributed by atoms with Crippen molar-refractivity contribution in [2.24, 2.45) is 0 Å². The molecule has 0 radical (unpaired) electrons. The van der Waals surface area contributed by atoms with E-state index in [1.54, 1.807) is 18.1 Å². The Hall–Kier alpha value is -1.73. The van der Waals surface area contributed by atoms with E-state index in [4.69, 9.17) is 4.74 Å². The highest BCUT2D eigenvalue weighted by molar-refractivity contribution is 5.00. The van der Waals surface area contributed by atoms with E-state index >= 15 is 0 Å². The zero-order chi connectivity index (χ0) is 14.4. The van der Waals surface area contributed by atoms with Crippen molar-refractivity contribution in [3.05, 3.63) is 30.1 Å². The molecule has 2 heterocycles.